The molecule has 2 aromatic rings. The molecule has 0 saturated carbocycles. The second-order valence-corrected chi connectivity index (χ2v) is 9.53. The molecule has 0 fully saturated rings. The fraction of sp³-hybridized carbons (Fsp3) is 0.333. The molecule has 0 aromatic heterocycles. The van der Waals surface area contributed by atoms with Gasteiger partial charge in [0.25, 0.3) is 11.8 Å². The van der Waals surface area contributed by atoms with E-state index in [-0.39, 0.29) is 33.3 Å². The number of alkyl halides is 3. The second kappa shape index (κ2) is 9.70. The molecule has 2 rings (SSSR count). The highest BCUT2D eigenvalue weighted by atomic mass is 35.5. The van der Waals surface area contributed by atoms with Crippen LogP contribution >= 0.6 is 11.6 Å². The Morgan fingerprint density at radius 3 is 2.00 bits per heavy atom. The Labute approximate surface area is 194 Å². The van der Waals surface area contributed by atoms with E-state index in [9.17, 15) is 36.3 Å². The predicted molar refractivity (Wildman–Crippen MR) is 116 cm³/mol. The Bertz CT molecular complexity index is 1150. The minimum Gasteiger partial charge on any atom is -0.373 e. The molecular formula is C21H22ClF3N2O5S. The van der Waals surface area contributed by atoms with Crippen molar-refractivity contribution in [1.82, 2.24) is 4.90 Å². The van der Waals surface area contributed by atoms with E-state index >= 15 is 0 Å². The smallest absolute Gasteiger partial charge is 0.373 e. The third-order valence-corrected chi connectivity index (χ3v) is 7.04. The molecule has 1 unspecified atom stereocenters. The van der Waals surface area contributed by atoms with Crippen molar-refractivity contribution in [3.05, 3.63) is 53.1 Å². The van der Waals surface area contributed by atoms with Crippen LogP contribution in [0.4, 0.5) is 18.9 Å². The van der Waals surface area contributed by atoms with Crippen molar-refractivity contribution in [2.75, 3.05) is 18.4 Å². The van der Waals surface area contributed by atoms with Gasteiger partial charge in [-0.1, -0.05) is 11.6 Å². The van der Waals surface area contributed by atoms with Crippen LogP contribution in [-0.2, 0) is 14.6 Å². The van der Waals surface area contributed by atoms with Crippen molar-refractivity contribution in [3.8, 4) is 0 Å². The average molecular weight is 507 g/mol. The van der Waals surface area contributed by atoms with Crippen LogP contribution in [0.5, 0.6) is 0 Å². The lowest BCUT2D eigenvalue weighted by Gasteiger charge is -2.25. The number of benzene rings is 2. The Balaban J connectivity index is 2.30. The van der Waals surface area contributed by atoms with Gasteiger partial charge in [-0.25, -0.2) is 8.42 Å². The highest BCUT2D eigenvalue weighted by Crippen LogP contribution is 2.33. The molecule has 2 N–H and O–H groups in total. The number of nitrogens with zero attached hydrogens (tertiary/aromatic N) is 1. The Morgan fingerprint density at radius 1 is 1.03 bits per heavy atom. The van der Waals surface area contributed by atoms with E-state index in [0.29, 0.717) is 18.7 Å². The maximum absolute atomic E-state index is 12.9. The minimum absolute atomic E-state index is 0.133. The number of nitrogens with one attached hydrogen (secondary N) is 1. The molecule has 2 aromatic carbocycles. The monoisotopic (exact) mass is 506 g/mol. The first kappa shape index (κ1) is 26.6. The topological polar surface area (TPSA) is 104 Å². The van der Waals surface area contributed by atoms with Crippen LogP contribution in [0.1, 0.15) is 31.1 Å². The van der Waals surface area contributed by atoms with E-state index in [1.165, 1.54) is 24.3 Å². The molecule has 180 valence electrons. The summed E-state index contributed by atoms with van der Waals surface area (Å²) in [6.07, 6.45) is -5.23. The molecule has 0 spiro atoms. The van der Waals surface area contributed by atoms with Gasteiger partial charge in [0.1, 0.15) is 0 Å². The SMILES string of the molecule is CCN(CC)C(=O)c1ccc(S(=O)(=O)c2ccc(NC(=O)C(C)(O)C(F)(F)F)c(Cl)c2)cc1. The van der Waals surface area contributed by atoms with E-state index in [1.807, 2.05) is 19.2 Å². The quantitative estimate of drug-likeness (QED) is 0.592. The molecule has 0 saturated heterocycles. The first-order chi connectivity index (χ1) is 15.2. The van der Waals surface area contributed by atoms with E-state index in [2.05, 4.69) is 0 Å². The number of amides is 2. The zero-order chi connectivity index (χ0) is 25.2. The van der Waals surface area contributed by atoms with Crippen LogP contribution in [-0.4, -0.2) is 55.1 Å². The molecule has 33 heavy (non-hydrogen) atoms. The summed E-state index contributed by atoms with van der Waals surface area (Å²) in [4.78, 5) is 25.4. The lowest BCUT2D eigenvalue weighted by molar-refractivity contribution is -0.242. The molecule has 1 atom stereocenters. The number of rotatable bonds is 7. The first-order valence-electron chi connectivity index (χ1n) is 9.71. The zero-order valence-electron chi connectivity index (χ0n) is 17.9. The summed E-state index contributed by atoms with van der Waals surface area (Å²) in [6.45, 7) is 4.91. The molecule has 7 nitrogen and oxygen atoms in total. The number of sulfone groups is 1. The van der Waals surface area contributed by atoms with Crippen LogP contribution in [0.3, 0.4) is 0 Å². The van der Waals surface area contributed by atoms with Gasteiger partial charge in [0.15, 0.2) is 0 Å². The van der Waals surface area contributed by atoms with Gasteiger partial charge in [0, 0.05) is 18.7 Å². The summed E-state index contributed by atoms with van der Waals surface area (Å²) >= 11 is 5.97. The number of hydrogen-bond donors (Lipinski definition) is 2. The highest BCUT2D eigenvalue weighted by Gasteiger charge is 2.55. The average Bonchev–Trinajstić information content (AvgIpc) is 2.75. The normalized spacial score (nSPS) is 13.8. The van der Waals surface area contributed by atoms with Gasteiger partial charge < -0.3 is 15.3 Å². The number of anilines is 1. The summed E-state index contributed by atoms with van der Waals surface area (Å²) < 4.78 is 64.2. The molecule has 0 bridgehead atoms. The molecule has 0 aliphatic heterocycles. The Morgan fingerprint density at radius 2 is 1.55 bits per heavy atom. The molecule has 2 amide bonds. The number of halogens is 4. The van der Waals surface area contributed by atoms with Gasteiger partial charge in [-0.15, -0.1) is 0 Å². The standard InChI is InChI=1S/C21H22ClF3N2O5S/c1-4-27(5-2)18(28)13-6-8-14(9-7-13)33(31,32)15-10-11-17(16(22)12-15)26-19(29)20(3,30)21(23,24)25/h6-12,30H,4-5H2,1-3H3,(H,26,29). The van der Waals surface area contributed by atoms with Crippen LogP contribution in [0.25, 0.3) is 0 Å². The van der Waals surface area contributed by atoms with Crippen LogP contribution < -0.4 is 5.32 Å². The van der Waals surface area contributed by atoms with E-state index in [0.717, 1.165) is 18.2 Å². The van der Waals surface area contributed by atoms with Crippen molar-refractivity contribution < 1.29 is 36.3 Å². The zero-order valence-corrected chi connectivity index (χ0v) is 19.5. The number of carbonyl (C=O) groups is 2. The van der Waals surface area contributed by atoms with Gasteiger partial charge in [-0.2, -0.15) is 13.2 Å². The van der Waals surface area contributed by atoms with Gasteiger partial charge in [0.05, 0.1) is 20.5 Å². The van der Waals surface area contributed by atoms with Crippen molar-refractivity contribution >= 4 is 38.9 Å². The van der Waals surface area contributed by atoms with Crippen LogP contribution in [0.2, 0.25) is 5.02 Å². The largest absolute Gasteiger partial charge is 0.426 e. The maximum Gasteiger partial charge on any atom is 0.426 e. The van der Waals surface area contributed by atoms with Gasteiger partial charge in [-0.3, -0.25) is 9.59 Å². The number of carbonyl (C=O) groups excluding carboxylic acids is 2. The Hall–Kier alpha value is -2.63. The van der Waals surface area contributed by atoms with Gasteiger partial charge >= 0.3 is 6.18 Å². The van der Waals surface area contributed by atoms with Gasteiger partial charge in [-0.05, 0) is 63.2 Å². The maximum atomic E-state index is 12.9. The first-order valence-corrected chi connectivity index (χ1v) is 11.6. The molecule has 0 aliphatic rings. The molecule has 0 radical (unpaired) electrons. The number of aliphatic hydroxyl groups is 1. The van der Waals surface area contributed by atoms with E-state index < -0.39 is 27.5 Å². The van der Waals surface area contributed by atoms with E-state index in [1.54, 1.807) is 4.90 Å². The van der Waals surface area contributed by atoms with Crippen molar-refractivity contribution in [2.24, 2.45) is 0 Å². The summed E-state index contributed by atoms with van der Waals surface area (Å²) in [7, 11) is -4.08. The van der Waals surface area contributed by atoms with Crippen LogP contribution in [0.15, 0.2) is 52.3 Å². The highest BCUT2D eigenvalue weighted by molar-refractivity contribution is 7.91. The summed E-state index contributed by atoms with van der Waals surface area (Å²) in [5.41, 5.74) is -3.68. The second-order valence-electron chi connectivity index (χ2n) is 7.17. The third-order valence-electron chi connectivity index (χ3n) is 4.96. The number of hydrogen-bond acceptors (Lipinski definition) is 5. The summed E-state index contributed by atoms with van der Waals surface area (Å²) in [5, 5.41) is 10.9. The minimum atomic E-state index is -5.23. The fourth-order valence-electron chi connectivity index (χ4n) is 2.74. The summed E-state index contributed by atoms with van der Waals surface area (Å²) in [5.74, 6) is -2.03. The van der Waals surface area contributed by atoms with Gasteiger partial charge in [0.2, 0.25) is 15.4 Å². The van der Waals surface area contributed by atoms with E-state index in [4.69, 9.17) is 11.6 Å². The molecule has 0 aliphatic carbocycles. The predicted octanol–water partition coefficient (Wildman–Crippen LogP) is 3.91. The third kappa shape index (κ3) is 5.48. The lowest BCUT2D eigenvalue weighted by Crippen LogP contribution is -2.52. The van der Waals surface area contributed by atoms with Crippen molar-refractivity contribution in [2.45, 2.75) is 42.3 Å². The molecule has 0 heterocycles. The summed E-state index contributed by atoms with van der Waals surface area (Å²) in [6, 6.07) is 8.30. The van der Waals surface area contributed by atoms with Crippen LogP contribution in [0, 0.1) is 0 Å². The molecular weight excluding hydrogens is 485 g/mol. The van der Waals surface area contributed by atoms with Crippen molar-refractivity contribution in [3.63, 3.8) is 0 Å². The lowest BCUT2D eigenvalue weighted by atomic mass is 10.1. The Kier molecular flexibility index (Phi) is 7.82. The molecule has 12 heteroatoms. The van der Waals surface area contributed by atoms with Crippen molar-refractivity contribution in [1.29, 1.82) is 0 Å². The fourth-order valence-corrected chi connectivity index (χ4v) is 4.32.